The van der Waals surface area contributed by atoms with Crippen LogP contribution in [0.25, 0.3) is 5.76 Å². The number of aliphatic hydroxyl groups is 1. The molecule has 1 saturated heterocycles. The van der Waals surface area contributed by atoms with Gasteiger partial charge in [-0.15, -0.1) is 0 Å². The fourth-order valence-electron chi connectivity index (χ4n) is 4.47. The smallest absolute Gasteiger partial charge is 0.301 e. The normalized spacial score (nSPS) is 20.8. The van der Waals surface area contributed by atoms with Crippen LogP contribution in [0.15, 0.2) is 66.4 Å². The minimum Gasteiger partial charge on any atom is -0.507 e. The van der Waals surface area contributed by atoms with Crippen LogP contribution in [-0.4, -0.2) is 40.1 Å². The largest absolute Gasteiger partial charge is 0.507 e. The topological polar surface area (TPSA) is 109 Å². The number of hydrogen-bond acceptors (Lipinski definition) is 7. The zero-order chi connectivity index (χ0) is 24.0. The van der Waals surface area contributed by atoms with Gasteiger partial charge in [-0.25, -0.2) is 4.98 Å². The molecular formula is C26H22N2O6. The number of aliphatic hydroxyl groups excluding tert-OH is 1. The van der Waals surface area contributed by atoms with E-state index < -0.39 is 17.7 Å². The Balaban J connectivity index is 1.71. The molecule has 2 atom stereocenters. The summed E-state index contributed by atoms with van der Waals surface area (Å²) in [7, 11) is 1.40. The predicted molar refractivity (Wildman–Crippen MR) is 124 cm³/mol. The number of carbonyl (C=O) groups excluding carboxylic acids is 2. The van der Waals surface area contributed by atoms with Crippen LogP contribution < -0.4 is 14.4 Å². The lowest BCUT2D eigenvalue weighted by molar-refractivity contribution is -0.132. The minimum absolute atomic E-state index is 0.0200. The number of ether oxygens (including phenoxy) is 2. The number of carbonyl (C=O) groups is 2. The highest BCUT2D eigenvalue weighted by Crippen LogP contribution is 2.44. The molecule has 0 bridgehead atoms. The van der Waals surface area contributed by atoms with Crippen LogP contribution in [0.4, 0.5) is 5.82 Å². The van der Waals surface area contributed by atoms with Crippen LogP contribution in [0.3, 0.4) is 0 Å². The second-order valence-electron chi connectivity index (χ2n) is 8.24. The first-order valence-corrected chi connectivity index (χ1v) is 10.8. The monoisotopic (exact) mass is 458 g/mol. The maximum Gasteiger partial charge on any atom is 0.301 e. The van der Waals surface area contributed by atoms with Gasteiger partial charge in [-0.05, 0) is 60.5 Å². The quantitative estimate of drug-likeness (QED) is 0.348. The van der Waals surface area contributed by atoms with E-state index in [-0.39, 0.29) is 34.8 Å². The molecule has 2 N–H and O–H groups in total. The number of methoxy groups -OCH3 is 1. The fraction of sp³-hybridized carbons (Fsp3) is 0.192. The van der Waals surface area contributed by atoms with Crippen molar-refractivity contribution in [3.63, 3.8) is 0 Å². The Kier molecular flexibility index (Phi) is 5.20. The zero-order valence-corrected chi connectivity index (χ0v) is 18.6. The van der Waals surface area contributed by atoms with Crippen LogP contribution in [0.1, 0.15) is 29.7 Å². The second-order valence-corrected chi connectivity index (χ2v) is 8.24. The van der Waals surface area contributed by atoms with E-state index in [4.69, 9.17) is 9.47 Å². The zero-order valence-electron chi connectivity index (χ0n) is 18.6. The second kappa shape index (κ2) is 8.22. The number of Topliss-reactive ketones (excluding diaryl/α,β-unsaturated/α-hetero) is 1. The lowest BCUT2D eigenvalue weighted by Crippen LogP contribution is -2.30. The number of anilines is 1. The Morgan fingerprint density at radius 3 is 2.71 bits per heavy atom. The molecule has 0 saturated carbocycles. The molecule has 2 aliphatic heterocycles. The highest BCUT2D eigenvalue weighted by molar-refractivity contribution is 6.51. The molecule has 172 valence electrons. The third-order valence-corrected chi connectivity index (χ3v) is 6.03. The van der Waals surface area contributed by atoms with Crippen molar-refractivity contribution < 1.29 is 29.3 Å². The maximum absolute atomic E-state index is 13.3. The molecule has 0 spiro atoms. The van der Waals surface area contributed by atoms with E-state index in [9.17, 15) is 19.8 Å². The van der Waals surface area contributed by atoms with Crippen molar-refractivity contribution in [2.75, 3.05) is 12.0 Å². The Hall–Kier alpha value is -4.33. The van der Waals surface area contributed by atoms with Crippen molar-refractivity contribution in [3.05, 3.63) is 83.1 Å². The number of ketones is 1. The van der Waals surface area contributed by atoms with Crippen LogP contribution in [0, 0.1) is 0 Å². The van der Waals surface area contributed by atoms with Crippen molar-refractivity contribution in [1.29, 1.82) is 0 Å². The molecule has 1 amide bonds. The molecule has 8 heteroatoms. The number of hydrogen-bond donors (Lipinski definition) is 2. The number of pyridine rings is 1. The number of aromatic hydroxyl groups is 1. The minimum atomic E-state index is -0.979. The number of aromatic nitrogens is 1. The summed E-state index contributed by atoms with van der Waals surface area (Å²) in [6.07, 6.45) is 2.22. The van der Waals surface area contributed by atoms with E-state index >= 15 is 0 Å². The molecule has 2 unspecified atom stereocenters. The van der Waals surface area contributed by atoms with Crippen molar-refractivity contribution >= 4 is 23.3 Å². The predicted octanol–water partition coefficient (Wildman–Crippen LogP) is 3.75. The van der Waals surface area contributed by atoms with Gasteiger partial charge in [-0.2, -0.15) is 0 Å². The van der Waals surface area contributed by atoms with Crippen LogP contribution in [0.2, 0.25) is 0 Å². The molecule has 3 heterocycles. The van der Waals surface area contributed by atoms with Gasteiger partial charge in [-0.1, -0.05) is 12.1 Å². The summed E-state index contributed by atoms with van der Waals surface area (Å²) in [4.78, 5) is 31.9. The van der Waals surface area contributed by atoms with E-state index in [1.165, 1.54) is 30.3 Å². The van der Waals surface area contributed by atoms with Gasteiger partial charge in [0, 0.05) is 18.2 Å². The summed E-state index contributed by atoms with van der Waals surface area (Å²) in [6.45, 7) is 1.95. The average Bonchev–Trinajstić information content (AvgIpc) is 3.35. The first-order chi connectivity index (χ1) is 16.4. The molecule has 5 rings (SSSR count). The molecule has 0 radical (unpaired) electrons. The SMILES string of the molecule is COc1cc(C2/C(=C(\O)c3ccc4c(c3)CC(C)O4)C(=O)C(=O)N2c2ccccn2)ccc1O. The van der Waals surface area contributed by atoms with Crippen LogP contribution >= 0.6 is 0 Å². The highest BCUT2D eigenvalue weighted by Gasteiger charge is 2.47. The van der Waals surface area contributed by atoms with E-state index in [2.05, 4.69) is 4.98 Å². The number of benzene rings is 2. The Morgan fingerprint density at radius 1 is 1.15 bits per heavy atom. The average molecular weight is 458 g/mol. The summed E-state index contributed by atoms with van der Waals surface area (Å²) in [5, 5.41) is 21.4. The number of fused-ring (bicyclic) bond motifs is 1. The summed E-state index contributed by atoms with van der Waals surface area (Å²) >= 11 is 0. The lowest BCUT2D eigenvalue weighted by Gasteiger charge is -2.24. The standard InChI is InChI=1S/C26H22N2O6/c1-14-11-17-12-16(7-9-19(17)34-14)24(30)22-23(15-6-8-18(29)20(13-15)33-2)28(26(32)25(22)31)21-5-3-4-10-27-21/h3-10,12-14,23,29-30H,11H2,1-2H3/b24-22+. The molecule has 1 aromatic heterocycles. The van der Waals surface area contributed by atoms with Crippen molar-refractivity contribution in [3.8, 4) is 17.2 Å². The molecule has 0 aliphatic carbocycles. The van der Waals surface area contributed by atoms with Gasteiger partial charge in [-0.3, -0.25) is 14.5 Å². The van der Waals surface area contributed by atoms with Gasteiger partial charge in [0.15, 0.2) is 11.5 Å². The van der Waals surface area contributed by atoms with Gasteiger partial charge in [0.05, 0.1) is 18.7 Å². The maximum atomic E-state index is 13.3. The summed E-state index contributed by atoms with van der Waals surface area (Å²) < 4.78 is 11.0. The van der Waals surface area contributed by atoms with E-state index in [0.29, 0.717) is 17.5 Å². The molecule has 3 aromatic rings. The third-order valence-electron chi connectivity index (χ3n) is 6.03. The van der Waals surface area contributed by atoms with Crippen molar-refractivity contribution in [2.24, 2.45) is 0 Å². The fourth-order valence-corrected chi connectivity index (χ4v) is 4.47. The summed E-state index contributed by atoms with van der Waals surface area (Å²) in [6, 6.07) is 13.8. The first-order valence-electron chi connectivity index (χ1n) is 10.8. The third kappa shape index (κ3) is 3.44. The van der Waals surface area contributed by atoms with Crippen molar-refractivity contribution in [1.82, 2.24) is 4.98 Å². The molecule has 34 heavy (non-hydrogen) atoms. The molecule has 2 aromatic carbocycles. The summed E-state index contributed by atoms with van der Waals surface area (Å²) in [5.74, 6) is -0.854. The number of nitrogens with zero attached hydrogens (tertiary/aromatic N) is 2. The number of phenolic OH excluding ortho intramolecular Hbond substituents is 1. The Bertz CT molecular complexity index is 1330. The van der Waals surface area contributed by atoms with Crippen LogP contribution in [-0.2, 0) is 16.0 Å². The van der Waals surface area contributed by atoms with Gasteiger partial charge in [0.25, 0.3) is 5.78 Å². The lowest BCUT2D eigenvalue weighted by atomic mass is 9.94. The first kappa shape index (κ1) is 21.5. The van der Waals surface area contributed by atoms with E-state index in [0.717, 1.165) is 11.3 Å². The Morgan fingerprint density at radius 2 is 1.97 bits per heavy atom. The van der Waals surface area contributed by atoms with E-state index in [1.807, 2.05) is 6.92 Å². The molecule has 8 nitrogen and oxygen atoms in total. The van der Waals surface area contributed by atoms with Crippen LogP contribution in [0.5, 0.6) is 17.2 Å². The van der Waals surface area contributed by atoms with Gasteiger partial charge in [0.2, 0.25) is 0 Å². The summed E-state index contributed by atoms with van der Waals surface area (Å²) in [5.41, 5.74) is 1.72. The molecule has 1 fully saturated rings. The molecular weight excluding hydrogens is 436 g/mol. The van der Waals surface area contributed by atoms with Gasteiger partial charge in [0.1, 0.15) is 23.4 Å². The van der Waals surface area contributed by atoms with Gasteiger partial charge >= 0.3 is 5.91 Å². The number of phenols is 1. The van der Waals surface area contributed by atoms with E-state index in [1.54, 1.807) is 42.5 Å². The molecule has 2 aliphatic rings. The number of amides is 1. The Labute approximate surface area is 195 Å². The number of rotatable bonds is 4. The van der Waals surface area contributed by atoms with Crippen molar-refractivity contribution in [2.45, 2.75) is 25.5 Å². The highest BCUT2D eigenvalue weighted by atomic mass is 16.5. The van der Waals surface area contributed by atoms with Gasteiger partial charge < -0.3 is 19.7 Å².